The van der Waals surface area contributed by atoms with Crippen molar-refractivity contribution in [2.24, 2.45) is 0 Å². The summed E-state index contributed by atoms with van der Waals surface area (Å²) in [6.07, 6.45) is 0. The van der Waals surface area contributed by atoms with Crippen LogP contribution >= 0.6 is 11.8 Å². The molecule has 1 amide bonds. The van der Waals surface area contributed by atoms with E-state index in [0.717, 1.165) is 17.3 Å². The van der Waals surface area contributed by atoms with Crippen LogP contribution in [0.25, 0.3) is 16.6 Å². The second-order valence-electron chi connectivity index (χ2n) is 8.07. The summed E-state index contributed by atoms with van der Waals surface area (Å²) < 4.78 is 20.3. The van der Waals surface area contributed by atoms with Crippen LogP contribution < -0.4 is 10.9 Å². The van der Waals surface area contributed by atoms with Crippen LogP contribution in [-0.2, 0) is 4.74 Å². The zero-order chi connectivity index (χ0) is 25.7. The van der Waals surface area contributed by atoms with E-state index in [4.69, 9.17) is 4.74 Å². The Morgan fingerprint density at radius 2 is 1.81 bits per heavy atom. The lowest BCUT2D eigenvalue weighted by molar-refractivity contribution is 0.0936. The average molecular weight is 506 g/mol. The van der Waals surface area contributed by atoms with E-state index < -0.39 is 11.4 Å². The number of carbonyl (C=O) groups is 2. The van der Waals surface area contributed by atoms with Gasteiger partial charge in [-0.1, -0.05) is 47.7 Å². The molecule has 36 heavy (non-hydrogen) atoms. The number of ketones is 1. The van der Waals surface area contributed by atoms with Gasteiger partial charge in [-0.3, -0.25) is 19.0 Å². The molecule has 4 aromatic rings. The van der Waals surface area contributed by atoms with Gasteiger partial charge in [0.05, 0.1) is 29.0 Å². The fourth-order valence-corrected chi connectivity index (χ4v) is 4.48. The Morgan fingerprint density at radius 1 is 1.06 bits per heavy atom. The molecule has 0 unspecified atom stereocenters. The number of aryl methyl sites for hydroxylation is 1. The van der Waals surface area contributed by atoms with Crippen molar-refractivity contribution in [2.75, 3.05) is 26.0 Å². The predicted molar refractivity (Wildman–Crippen MR) is 138 cm³/mol. The molecule has 0 bridgehead atoms. The van der Waals surface area contributed by atoms with Gasteiger partial charge < -0.3 is 10.1 Å². The van der Waals surface area contributed by atoms with Crippen LogP contribution in [0.1, 0.15) is 26.3 Å². The summed E-state index contributed by atoms with van der Waals surface area (Å²) in [4.78, 5) is 43.4. The highest BCUT2D eigenvalue weighted by atomic mass is 32.2. The first kappa shape index (κ1) is 25.3. The molecular weight excluding hydrogens is 481 g/mol. The zero-order valence-corrected chi connectivity index (χ0v) is 20.6. The summed E-state index contributed by atoms with van der Waals surface area (Å²) in [6, 6.07) is 17.4. The van der Waals surface area contributed by atoms with Gasteiger partial charge in [-0.05, 0) is 43.3 Å². The van der Waals surface area contributed by atoms with Crippen LogP contribution in [0.3, 0.4) is 0 Å². The van der Waals surface area contributed by atoms with Crippen LogP contribution in [0.5, 0.6) is 0 Å². The molecule has 0 spiro atoms. The summed E-state index contributed by atoms with van der Waals surface area (Å²) in [6.45, 7) is 2.64. The highest BCUT2D eigenvalue weighted by molar-refractivity contribution is 7.99. The van der Waals surface area contributed by atoms with Crippen molar-refractivity contribution < 1.29 is 18.7 Å². The third-order valence-corrected chi connectivity index (χ3v) is 6.40. The Hall–Kier alpha value is -3.82. The minimum atomic E-state index is -0.505. The summed E-state index contributed by atoms with van der Waals surface area (Å²) in [7, 11) is 1.54. The van der Waals surface area contributed by atoms with Gasteiger partial charge >= 0.3 is 0 Å². The van der Waals surface area contributed by atoms with E-state index in [1.807, 2.05) is 19.1 Å². The van der Waals surface area contributed by atoms with E-state index in [1.165, 1.54) is 41.0 Å². The largest absolute Gasteiger partial charge is 0.383 e. The number of amides is 1. The molecule has 1 N–H and O–H groups in total. The van der Waals surface area contributed by atoms with Crippen molar-refractivity contribution >= 4 is 34.4 Å². The van der Waals surface area contributed by atoms with Crippen LogP contribution in [0, 0.1) is 12.7 Å². The van der Waals surface area contributed by atoms with Gasteiger partial charge in [0.1, 0.15) is 5.82 Å². The number of aromatic nitrogens is 2. The SMILES string of the molecule is COCCNC(=O)c1ccc2c(=O)n(-c3cccc(F)c3)c(SCC(=O)c3ccc(C)cc3)nc2c1. The van der Waals surface area contributed by atoms with Gasteiger partial charge in [-0.15, -0.1) is 0 Å². The third kappa shape index (κ3) is 5.69. The van der Waals surface area contributed by atoms with Crippen molar-refractivity contribution in [3.63, 3.8) is 0 Å². The molecule has 4 rings (SSSR count). The van der Waals surface area contributed by atoms with E-state index >= 15 is 0 Å². The molecule has 1 aromatic heterocycles. The number of rotatable bonds is 9. The number of hydrogen-bond donors (Lipinski definition) is 1. The lowest BCUT2D eigenvalue weighted by Gasteiger charge is -2.14. The Labute approximate surface area is 211 Å². The number of fused-ring (bicyclic) bond motifs is 1. The minimum Gasteiger partial charge on any atom is -0.383 e. The maximum Gasteiger partial charge on any atom is 0.266 e. The van der Waals surface area contributed by atoms with Crippen LogP contribution in [0.2, 0.25) is 0 Å². The topological polar surface area (TPSA) is 90.3 Å². The van der Waals surface area contributed by atoms with E-state index in [1.54, 1.807) is 25.3 Å². The van der Waals surface area contributed by atoms with Gasteiger partial charge in [0.2, 0.25) is 0 Å². The highest BCUT2D eigenvalue weighted by Gasteiger charge is 2.17. The highest BCUT2D eigenvalue weighted by Crippen LogP contribution is 2.23. The smallest absolute Gasteiger partial charge is 0.266 e. The number of carbonyl (C=O) groups excluding carboxylic acids is 2. The Balaban J connectivity index is 1.74. The first-order valence-corrected chi connectivity index (χ1v) is 12.2. The van der Waals surface area contributed by atoms with Gasteiger partial charge in [0.15, 0.2) is 10.9 Å². The second kappa shape index (κ2) is 11.3. The molecular formula is C27H24FN3O4S. The van der Waals surface area contributed by atoms with Crippen LogP contribution in [-0.4, -0.2) is 47.3 Å². The molecule has 0 aliphatic heterocycles. The maximum atomic E-state index is 14.0. The quantitative estimate of drug-likeness (QED) is 0.159. The fourth-order valence-electron chi connectivity index (χ4n) is 3.57. The number of nitrogens with zero attached hydrogens (tertiary/aromatic N) is 2. The molecule has 9 heteroatoms. The lowest BCUT2D eigenvalue weighted by Crippen LogP contribution is -2.27. The average Bonchev–Trinajstić information content (AvgIpc) is 2.87. The summed E-state index contributed by atoms with van der Waals surface area (Å²) >= 11 is 1.08. The Bertz CT molecular complexity index is 1490. The number of Topliss-reactive ketones (excluding diaryl/α,β-unsaturated/α-hetero) is 1. The molecule has 0 saturated carbocycles. The number of halogens is 1. The predicted octanol–water partition coefficient (Wildman–Crippen LogP) is 4.18. The number of thioether (sulfide) groups is 1. The number of hydrogen-bond acceptors (Lipinski definition) is 6. The first-order valence-electron chi connectivity index (χ1n) is 11.2. The number of methoxy groups -OCH3 is 1. The van der Waals surface area contributed by atoms with Gasteiger partial charge in [-0.25, -0.2) is 9.37 Å². The van der Waals surface area contributed by atoms with Gasteiger partial charge in [0.25, 0.3) is 11.5 Å². The van der Waals surface area contributed by atoms with Crippen molar-refractivity contribution in [1.82, 2.24) is 14.9 Å². The normalized spacial score (nSPS) is 11.0. The molecule has 184 valence electrons. The molecule has 0 saturated heterocycles. The molecule has 3 aromatic carbocycles. The molecule has 1 heterocycles. The maximum absolute atomic E-state index is 14.0. The van der Waals surface area contributed by atoms with Crippen LogP contribution in [0.4, 0.5) is 4.39 Å². The molecule has 0 radical (unpaired) electrons. The summed E-state index contributed by atoms with van der Waals surface area (Å²) in [5.74, 6) is -0.942. The molecule has 7 nitrogen and oxygen atoms in total. The van der Waals surface area contributed by atoms with E-state index in [-0.39, 0.29) is 28.0 Å². The zero-order valence-electron chi connectivity index (χ0n) is 19.8. The molecule has 0 aliphatic carbocycles. The molecule has 0 aliphatic rings. The molecule has 0 fully saturated rings. The first-order chi connectivity index (χ1) is 17.4. The lowest BCUT2D eigenvalue weighted by atomic mass is 10.1. The number of ether oxygens (including phenoxy) is 1. The number of benzene rings is 3. The van der Waals surface area contributed by atoms with Crippen molar-refractivity contribution in [3.05, 3.63) is 99.6 Å². The Morgan fingerprint density at radius 3 is 2.53 bits per heavy atom. The van der Waals surface area contributed by atoms with Gasteiger partial charge in [-0.2, -0.15) is 0 Å². The standard InChI is InChI=1S/C27H24FN3O4S/c1-17-6-8-18(9-7-17)24(32)16-36-27-30-23-14-19(25(33)29-12-13-35-2)10-11-22(23)26(34)31(27)21-5-3-4-20(28)15-21/h3-11,14-15H,12-13,16H2,1-2H3,(H,29,33). The third-order valence-electron chi connectivity index (χ3n) is 5.46. The summed E-state index contributed by atoms with van der Waals surface area (Å²) in [5, 5.41) is 3.22. The van der Waals surface area contributed by atoms with Crippen molar-refractivity contribution in [3.8, 4) is 5.69 Å². The monoisotopic (exact) mass is 505 g/mol. The van der Waals surface area contributed by atoms with E-state index in [2.05, 4.69) is 10.3 Å². The van der Waals surface area contributed by atoms with Crippen molar-refractivity contribution in [2.45, 2.75) is 12.1 Å². The second-order valence-corrected chi connectivity index (χ2v) is 9.02. The minimum absolute atomic E-state index is 0.0213. The van der Waals surface area contributed by atoms with Crippen LogP contribution in [0.15, 0.2) is 76.7 Å². The van der Waals surface area contributed by atoms with Gasteiger partial charge in [0, 0.05) is 24.8 Å². The van der Waals surface area contributed by atoms with E-state index in [9.17, 15) is 18.8 Å². The Kier molecular flexibility index (Phi) is 7.92. The fraction of sp³-hybridized carbons (Fsp3) is 0.185. The van der Waals surface area contributed by atoms with E-state index in [0.29, 0.717) is 35.5 Å². The summed E-state index contributed by atoms with van der Waals surface area (Å²) in [5.41, 5.74) is 2.09. The van der Waals surface area contributed by atoms with Crippen molar-refractivity contribution in [1.29, 1.82) is 0 Å². The molecule has 0 atom stereocenters. The number of nitrogens with one attached hydrogen (secondary N) is 1.